The fourth-order valence-corrected chi connectivity index (χ4v) is 4.47. The van der Waals surface area contributed by atoms with Crippen LogP contribution in [0, 0.1) is 5.92 Å². The summed E-state index contributed by atoms with van der Waals surface area (Å²) in [5.74, 6) is 1.23. The number of likely N-dealkylation sites (tertiary alicyclic amines) is 1. The molecule has 0 atom stereocenters. The predicted molar refractivity (Wildman–Crippen MR) is 120 cm³/mol. The van der Waals surface area contributed by atoms with Gasteiger partial charge in [0.1, 0.15) is 0 Å². The summed E-state index contributed by atoms with van der Waals surface area (Å²) < 4.78 is 0. The zero-order valence-corrected chi connectivity index (χ0v) is 17.8. The Hall–Kier alpha value is -2.47. The van der Waals surface area contributed by atoms with Crippen LogP contribution in [0.1, 0.15) is 38.5 Å². The van der Waals surface area contributed by atoms with Gasteiger partial charge in [-0.3, -0.25) is 4.79 Å². The van der Waals surface area contributed by atoms with Gasteiger partial charge in [0.15, 0.2) is 5.82 Å². The third-order valence-electron chi connectivity index (χ3n) is 6.34. The highest BCUT2D eigenvalue weighted by Gasteiger charge is 2.25. The maximum absolute atomic E-state index is 12.6. The van der Waals surface area contributed by atoms with Gasteiger partial charge in [-0.2, -0.15) is 0 Å². The Labute approximate surface area is 179 Å². The van der Waals surface area contributed by atoms with E-state index in [1.165, 1.54) is 38.8 Å². The second-order valence-electron chi connectivity index (χ2n) is 8.45. The molecule has 6 heteroatoms. The molecule has 0 unspecified atom stereocenters. The molecular formula is C24H33N5O. The lowest BCUT2D eigenvalue weighted by Gasteiger charge is -2.32. The molecule has 2 saturated heterocycles. The fourth-order valence-electron chi connectivity index (χ4n) is 4.47. The van der Waals surface area contributed by atoms with Crippen LogP contribution in [0.3, 0.4) is 0 Å². The van der Waals surface area contributed by atoms with E-state index in [2.05, 4.69) is 25.3 Å². The van der Waals surface area contributed by atoms with Crippen molar-refractivity contribution in [1.82, 2.24) is 20.4 Å². The van der Waals surface area contributed by atoms with Crippen LogP contribution in [0.25, 0.3) is 11.3 Å². The van der Waals surface area contributed by atoms with Gasteiger partial charge in [-0.1, -0.05) is 43.2 Å². The first-order valence-corrected chi connectivity index (χ1v) is 11.4. The van der Waals surface area contributed by atoms with Crippen molar-refractivity contribution in [1.29, 1.82) is 0 Å². The molecule has 2 aromatic rings. The molecule has 4 rings (SSSR count). The smallest absolute Gasteiger partial charge is 0.223 e. The van der Waals surface area contributed by atoms with Gasteiger partial charge in [-0.25, -0.2) is 0 Å². The Morgan fingerprint density at radius 3 is 2.30 bits per heavy atom. The lowest BCUT2D eigenvalue weighted by molar-refractivity contribution is -0.125. The summed E-state index contributed by atoms with van der Waals surface area (Å²) in [6.45, 7) is 5.81. The minimum absolute atomic E-state index is 0.113. The Kier molecular flexibility index (Phi) is 7.29. The molecule has 0 saturated carbocycles. The second-order valence-corrected chi connectivity index (χ2v) is 8.45. The van der Waals surface area contributed by atoms with Crippen molar-refractivity contribution in [2.24, 2.45) is 5.92 Å². The number of carbonyl (C=O) groups excluding carboxylic acids is 1. The van der Waals surface area contributed by atoms with Gasteiger partial charge < -0.3 is 15.1 Å². The third-order valence-corrected chi connectivity index (χ3v) is 6.34. The van der Waals surface area contributed by atoms with E-state index >= 15 is 0 Å². The van der Waals surface area contributed by atoms with Crippen LogP contribution in [0.15, 0.2) is 42.5 Å². The van der Waals surface area contributed by atoms with Crippen molar-refractivity contribution >= 4 is 11.7 Å². The number of aromatic nitrogens is 2. The molecule has 2 fully saturated rings. The second kappa shape index (κ2) is 10.5. The molecule has 3 heterocycles. The monoisotopic (exact) mass is 407 g/mol. The normalized spacial score (nSPS) is 18.7. The third kappa shape index (κ3) is 5.57. The van der Waals surface area contributed by atoms with E-state index in [-0.39, 0.29) is 11.8 Å². The first-order chi connectivity index (χ1) is 14.8. The average Bonchev–Trinajstić information content (AvgIpc) is 3.09. The molecule has 2 aliphatic rings. The molecule has 1 aromatic carbocycles. The Bertz CT molecular complexity index is 779. The number of hydrogen-bond acceptors (Lipinski definition) is 5. The van der Waals surface area contributed by atoms with E-state index in [0.29, 0.717) is 0 Å². The zero-order valence-electron chi connectivity index (χ0n) is 17.8. The van der Waals surface area contributed by atoms with Gasteiger partial charge in [0.25, 0.3) is 0 Å². The summed E-state index contributed by atoms with van der Waals surface area (Å²) in [6.07, 6.45) is 7.03. The van der Waals surface area contributed by atoms with Crippen LogP contribution in [-0.4, -0.2) is 60.3 Å². The van der Waals surface area contributed by atoms with Gasteiger partial charge in [0.05, 0.1) is 5.69 Å². The Morgan fingerprint density at radius 1 is 0.900 bits per heavy atom. The number of nitrogens with zero attached hydrogens (tertiary/aromatic N) is 4. The van der Waals surface area contributed by atoms with Crippen LogP contribution in [-0.2, 0) is 4.79 Å². The van der Waals surface area contributed by atoms with Crippen molar-refractivity contribution in [3.8, 4) is 11.3 Å². The van der Waals surface area contributed by atoms with Gasteiger partial charge >= 0.3 is 0 Å². The van der Waals surface area contributed by atoms with Gasteiger partial charge in [-0.05, 0) is 50.9 Å². The largest absolute Gasteiger partial charge is 0.355 e. The highest BCUT2D eigenvalue weighted by Crippen LogP contribution is 2.23. The number of piperidine rings is 1. The molecular weight excluding hydrogens is 374 g/mol. The summed E-state index contributed by atoms with van der Waals surface area (Å²) in [6, 6.07) is 14.2. The summed E-state index contributed by atoms with van der Waals surface area (Å²) >= 11 is 0. The zero-order chi connectivity index (χ0) is 20.6. The van der Waals surface area contributed by atoms with Gasteiger partial charge in [-0.15, -0.1) is 10.2 Å². The van der Waals surface area contributed by atoms with E-state index in [9.17, 15) is 4.79 Å². The highest BCUT2D eigenvalue weighted by atomic mass is 16.1. The molecule has 160 valence electrons. The summed E-state index contributed by atoms with van der Waals surface area (Å²) in [4.78, 5) is 17.3. The van der Waals surface area contributed by atoms with E-state index in [1.807, 2.05) is 42.5 Å². The molecule has 1 amide bonds. The van der Waals surface area contributed by atoms with E-state index in [1.54, 1.807) is 0 Å². The van der Waals surface area contributed by atoms with Gasteiger partial charge in [0, 0.05) is 37.7 Å². The molecule has 0 spiro atoms. The molecule has 1 aromatic heterocycles. The van der Waals surface area contributed by atoms with Crippen molar-refractivity contribution in [3.63, 3.8) is 0 Å². The van der Waals surface area contributed by atoms with Crippen LogP contribution < -0.4 is 10.2 Å². The topological polar surface area (TPSA) is 61.4 Å². The quantitative estimate of drug-likeness (QED) is 0.796. The molecule has 0 bridgehead atoms. The van der Waals surface area contributed by atoms with Crippen LogP contribution in [0.4, 0.5) is 5.82 Å². The molecule has 0 aliphatic carbocycles. The van der Waals surface area contributed by atoms with E-state index in [0.717, 1.165) is 56.1 Å². The number of nitrogens with one attached hydrogen (secondary N) is 1. The predicted octanol–water partition coefficient (Wildman–Crippen LogP) is 3.35. The van der Waals surface area contributed by atoms with Crippen LogP contribution in [0.2, 0.25) is 0 Å². The maximum Gasteiger partial charge on any atom is 0.223 e. The minimum Gasteiger partial charge on any atom is -0.355 e. The maximum atomic E-state index is 12.6. The fraction of sp³-hybridized carbons (Fsp3) is 0.542. The Morgan fingerprint density at radius 2 is 1.63 bits per heavy atom. The van der Waals surface area contributed by atoms with Crippen molar-refractivity contribution in [2.75, 3.05) is 44.2 Å². The molecule has 0 radical (unpaired) electrons. The first kappa shape index (κ1) is 20.8. The summed E-state index contributed by atoms with van der Waals surface area (Å²) in [5, 5.41) is 12.0. The lowest BCUT2D eigenvalue weighted by Crippen LogP contribution is -2.43. The van der Waals surface area contributed by atoms with Crippen molar-refractivity contribution in [3.05, 3.63) is 42.5 Å². The molecule has 2 aliphatic heterocycles. The number of carbonyl (C=O) groups is 1. The number of amides is 1. The highest BCUT2D eigenvalue weighted by molar-refractivity contribution is 5.79. The molecule has 6 nitrogen and oxygen atoms in total. The lowest BCUT2D eigenvalue weighted by atomic mass is 9.96. The minimum atomic E-state index is 0.113. The average molecular weight is 408 g/mol. The summed E-state index contributed by atoms with van der Waals surface area (Å²) in [7, 11) is 0. The van der Waals surface area contributed by atoms with Crippen molar-refractivity contribution < 1.29 is 4.79 Å². The number of anilines is 1. The van der Waals surface area contributed by atoms with Crippen LogP contribution >= 0.6 is 0 Å². The number of benzene rings is 1. The standard InChI is InChI=1S/C24H33N5O/c30-24(25-14-19-28-15-6-1-2-7-16-28)21-12-17-29(18-13-21)23-11-10-22(26-27-23)20-8-4-3-5-9-20/h3-5,8-11,21H,1-2,6-7,12-19H2,(H,25,30). The number of hydrogen-bond donors (Lipinski definition) is 1. The Balaban J connectivity index is 1.21. The van der Waals surface area contributed by atoms with E-state index in [4.69, 9.17) is 0 Å². The van der Waals surface area contributed by atoms with Gasteiger partial charge in [0.2, 0.25) is 5.91 Å². The summed E-state index contributed by atoms with van der Waals surface area (Å²) in [5.41, 5.74) is 1.96. The first-order valence-electron chi connectivity index (χ1n) is 11.4. The molecule has 1 N–H and O–H groups in total. The van der Waals surface area contributed by atoms with E-state index < -0.39 is 0 Å². The SMILES string of the molecule is O=C(NCCN1CCCCCC1)C1CCN(c2ccc(-c3ccccc3)nn2)CC1. The van der Waals surface area contributed by atoms with Crippen molar-refractivity contribution in [2.45, 2.75) is 38.5 Å². The molecule has 30 heavy (non-hydrogen) atoms. The number of rotatable bonds is 6. The van der Waals surface area contributed by atoms with Crippen LogP contribution in [0.5, 0.6) is 0 Å².